The van der Waals surface area contributed by atoms with Crippen LogP contribution in [0.1, 0.15) is 13.8 Å². The Hall–Kier alpha value is -0.750. The highest BCUT2D eigenvalue weighted by molar-refractivity contribution is 4.91. The van der Waals surface area contributed by atoms with Crippen molar-refractivity contribution in [2.75, 3.05) is 33.2 Å². The average molecular weight is 404 g/mol. The maximum Gasteiger partial charge on any atom is 0.425 e. The van der Waals surface area contributed by atoms with E-state index in [-0.39, 0.29) is 13.1 Å². The molecule has 3 nitrogen and oxygen atoms in total. The molecule has 4 atom stereocenters. The van der Waals surface area contributed by atoms with Crippen molar-refractivity contribution in [2.45, 2.75) is 56.5 Å². The fourth-order valence-corrected chi connectivity index (χ4v) is 2.40. The van der Waals surface area contributed by atoms with E-state index in [9.17, 15) is 39.5 Å². The van der Waals surface area contributed by atoms with Gasteiger partial charge in [0.25, 0.3) is 6.17 Å². The largest absolute Gasteiger partial charge is 0.425 e. The molecule has 4 unspecified atom stereocenters. The van der Waals surface area contributed by atoms with Crippen LogP contribution in [0.5, 0.6) is 0 Å². The molecule has 0 bridgehead atoms. The van der Waals surface area contributed by atoms with Crippen molar-refractivity contribution in [2.24, 2.45) is 0 Å². The molecule has 1 rings (SSSR count). The highest BCUT2D eigenvalue weighted by Gasteiger charge is 2.61. The van der Waals surface area contributed by atoms with E-state index in [0.717, 1.165) is 4.90 Å². The molecular formula is C14H21F9N2O. The molecule has 0 radical (unpaired) electrons. The van der Waals surface area contributed by atoms with Crippen molar-refractivity contribution in [3.05, 3.63) is 0 Å². The number of alkyl halides is 9. The smallest absolute Gasteiger partial charge is 0.363 e. The fraction of sp³-hybridized carbons (Fsp3) is 1.00. The van der Waals surface area contributed by atoms with E-state index in [0.29, 0.717) is 26.9 Å². The number of hydrogen-bond donors (Lipinski definition) is 0. The molecule has 0 amide bonds. The van der Waals surface area contributed by atoms with Crippen LogP contribution in [-0.4, -0.2) is 85.7 Å². The Morgan fingerprint density at radius 2 is 1.19 bits per heavy atom. The maximum absolute atomic E-state index is 14.2. The molecule has 0 N–H and O–H groups in total. The molecule has 26 heavy (non-hydrogen) atoms. The standard InChI is InChI=1S/C14H21F9N2O/c1-8(12(17,18)10(15)14(21,22)23)26-9(2)13(19,20)11(16)25-6-4-24(3)5-7-25/h8-11H,4-7H2,1-3H3. The average Bonchev–Trinajstić information content (AvgIpc) is 2.52. The van der Waals surface area contributed by atoms with Crippen LogP contribution >= 0.6 is 0 Å². The lowest BCUT2D eigenvalue weighted by Gasteiger charge is -2.39. The Morgan fingerprint density at radius 1 is 0.769 bits per heavy atom. The summed E-state index contributed by atoms with van der Waals surface area (Å²) in [7, 11) is 1.70. The molecule has 0 spiro atoms. The molecule has 1 saturated heterocycles. The first-order chi connectivity index (χ1) is 11.6. The Labute approximate surface area is 145 Å². The van der Waals surface area contributed by atoms with Crippen LogP contribution in [-0.2, 0) is 4.74 Å². The normalized spacial score (nSPS) is 23.5. The summed E-state index contributed by atoms with van der Waals surface area (Å²) in [4.78, 5) is 2.55. The molecule has 12 heteroatoms. The van der Waals surface area contributed by atoms with Crippen LogP contribution in [0.2, 0.25) is 0 Å². The molecule has 1 heterocycles. The van der Waals surface area contributed by atoms with Gasteiger partial charge in [0, 0.05) is 26.2 Å². The predicted octanol–water partition coefficient (Wildman–Crippen LogP) is 3.49. The first kappa shape index (κ1) is 23.3. The summed E-state index contributed by atoms with van der Waals surface area (Å²) in [5.41, 5.74) is 0. The fourth-order valence-electron chi connectivity index (χ4n) is 2.40. The highest BCUT2D eigenvalue weighted by Crippen LogP contribution is 2.40. The van der Waals surface area contributed by atoms with Gasteiger partial charge in [0.2, 0.25) is 6.30 Å². The monoisotopic (exact) mass is 404 g/mol. The summed E-state index contributed by atoms with van der Waals surface area (Å²) in [6, 6.07) is 0. The Bertz CT molecular complexity index is 452. The topological polar surface area (TPSA) is 15.7 Å². The number of piperazine rings is 1. The Kier molecular flexibility index (Phi) is 7.25. The van der Waals surface area contributed by atoms with Gasteiger partial charge in [-0.25, -0.2) is 17.6 Å². The first-order valence-electron chi connectivity index (χ1n) is 7.80. The second kappa shape index (κ2) is 8.09. The Morgan fingerprint density at radius 3 is 1.62 bits per heavy atom. The number of likely N-dealkylation sites (N-methyl/N-ethyl adjacent to an activating group) is 1. The van der Waals surface area contributed by atoms with Crippen LogP contribution in [0.4, 0.5) is 39.5 Å². The third-order valence-electron chi connectivity index (χ3n) is 4.29. The third kappa shape index (κ3) is 5.16. The van der Waals surface area contributed by atoms with E-state index in [1.165, 1.54) is 0 Å². The van der Waals surface area contributed by atoms with Gasteiger partial charge in [0.05, 0.1) is 0 Å². The lowest BCUT2D eigenvalue weighted by Crippen LogP contribution is -2.58. The zero-order valence-electron chi connectivity index (χ0n) is 14.3. The lowest BCUT2D eigenvalue weighted by molar-refractivity contribution is -0.290. The van der Waals surface area contributed by atoms with Gasteiger partial charge in [-0.15, -0.1) is 0 Å². The summed E-state index contributed by atoms with van der Waals surface area (Å²) in [5, 5.41) is 0. The molecule has 156 valence electrons. The molecule has 1 aliphatic rings. The summed E-state index contributed by atoms with van der Waals surface area (Å²) < 4.78 is 123. The zero-order chi connectivity index (χ0) is 20.5. The minimum atomic E-state index is -5.89. The highest BCUT2D eigenvalue weighted by atomic mass is 19.4. The van der Waals surface area contributed by atoms with Crippen molar-refractivity contribution in [3.8, 4) is 0 Å². The Balaban J connectivity index is 2.78. The van der Waals surface area contributed by atoms with E-state index in [1.54, 1.807) is 11.9 Å². The molecule has 0 aromatic rings. The number of nitrogens with zero attached hydrogens (tertiary/aromatic N) is 2. The van der Waals surface area contributed by atoms with Crippen molar-refractivity contribution in [1.82, 2.24) is 9.80 Å². The minimum Gasteiger partial charge on any atom is -0.363 e. The molecule has 0 saturated carbocycles. The van der Waals surface area contributed by atoms with Gasteiger partial charge in [-0.2, -0.15) is 22.0 Å². The van der Waals surface area contributed by atoms with Crippen molar-refractivity contribution < 1.29 is 44.3 Å². The van der Waals surface area contributed by atoms with E-state index >= 15 is 0 Å². The lowest BCUT2D eigenvalue weighted by atomic mass is 10.1. The minimum absolute atomic E-state index is 0.0493. The van der Waals surface area contributed by atoms with Gasteiger partial charge in [0.15, 0.2) is 0 Å². The van der Waals surface area contributed by atoms with Crippen LogP contribution in [0.3, 0.4) is 0 Å². The van der Waals surface area contributed by atoms with Gasteiger partial charge in [-0.1, -0.05) is 0 Å². The second-order valence-electron chi connectivity index (χ2n) is 6.35. The molecule has 1 fully saturated rings. The molecule has 0 aromatic heterocycles. The molecule has 1 aliphatic heterocycles. The second-order valence-corrected chi connectivity index (χ2v) is 6.35. The molecule has 0 aliphatic carbocycles. The predicted molar refractivity (Wildman–Crippen MR) is 74.8 cm³/mol. The summed E-state index contributed by atoms with van der Waals surface area (Å²) in [5.74, 6) is -9.40. The van der Waals surface area contributed by atoms with Crippen molar-refractivity contribution >= 4 is 0 Å². The number of rotatable bonds is 7. The van der Waals surface area contributed by atoms with Gasteiger partial charge < -0.3 is 9.64 Å². The number of hydrogen-bond acceptors (Lipinski definition) is 3. The van der Waals surface area contributed by atoms with Crippen LogP contribution in [0, 0.1) is 0 Å². The van der Waals surface area contributed by atoms with E-state index in [2.05, 4.69) is 4.74 Å². The van der Waals surface area contributed by atoms with Crippen molar-refractivity contribution in [1.29, 1.82) is 0 Å². The van der Waals surface area contributed by atoms with Crippen molar-refractivity contribution in [3.63, 3.8) is 0 Å². The van der Waals surface area contributed by atoms with E-state index < -0.39 is 42.7 Å². The van der Waals surface area contributed by atoms with Crippen LogP contribution in [0.25, 0.3) is 0 Å². The maximum atomic E-state index is 14.2. The van der Waals surface area contributed by atoms with Gasteiger partial charge in [0.1, 0.15) is 12.2 Å². The quantitative estimate of drug-likeness (QED) is 0.477. The SMILES string of the molecule is CC(OC(C)C(F)(F)C(F)C(F)(F)F)C(F)(F)C(F)N1CCN(C)CC1. The first-order valence-corrected chi connectivity index (χ1v) is 7.80. The molecular weight excluding hydrogens is 383 g/mol. The van der Waals surface area contributed by atoms with E-state index in [4.69, 9.17) is 0 Å². The zero-order valence-corrected chi connectivity index (χ0v) is 14.3. The number of ether oxygens (including phenoxy) is 1. The van der Waals surface area contributed by atoms with Crippen LogP contribution in [0.15, 0.2) is 0 Å². The van der Waals surface area contributed by atoms with Crippen LogP contribution < -0.4 is 0 Å². The van der Waals surface area contributed by atoms with Gasteiger partial charge in [-0.3, -0.25) is 4.90 Å². The van der Waals surface area contributed by atoms with Gasteiger partial charge >= 0.3 is 18.0 Å². The summed E-state index contributed by atoms with van der Waals surface area (Å²) >= 11 is 0. The third-order valence-corrected chi connectivity index (χ3v) is 4.29. The summed E-state index contributed by atoms with van der Waals surface area (Å²) in [6.45, 7) is 1.38. The van der Waals surface area contributed by atoms with E-state index in [1.807, 2.05) is 0 Å². The van der Waals surface area contributed by atoms with Gasteiger partial charge in [-0.05, 0) is 20.9 Å². The number of halogens is 9. The summed E-state index contributed by atoms with van der Waals surface area (Å²) in [6.07, 6.45) is -18.7. The molecule has 0 aromatic carbocycles.